The molecule has 0 amide bonds. The van der Waals surface area contributed by atoms with E-state index in [0.29, 0.717) is 18.5 Å². The molecule has 0 bridgehead atoms. The van der Waals surface area contributed by atoms with E-state index in [1.807, 2.05) is 0 Å². The fraction of sp³-hybridized carbons (Fsp3) is 0.333. The minimum atomic E-state index is -3.65. The number of aryl methyl sites for hydroxylation is 1. The molecular weight excluding hydrogens is 314 g/mol. The third-order valence-corrected chi connectivity index (χ3v) is 4.79. The Morgan fingerprint density at radius 1 is 1.38 bits per heavy atom. The molecule has 0 atom stereocenters. The fourth-order valence-electron chi connectivity index (χ4n) is 1.76. The summed E-state index contributed by atoms with van der Waals surface area (Å²) in [6.45, 7) is 1.12. The van der Waals surface area contributed by atoms with Crippen molar-refractivity contribution >= 4 is 21.6 Å². The largest absolute Gasteiger partial charge is 0.326 e. The summed E-state index contributed by atoms with van der Waals surface area (Å²) in [5, 5.41) is 7.65. The van der Waals surface area contributed by atoms with Crippen LogP contribution in [0, 0.1) is 0 Å². The molecule has 21 heavy (non-hydrogen) atoms. The number of nitrogens with two attached hydrogens (primary N) is 1. The van der Waals surface area contributed by atoms with Gasteiger partial charge >= 0.3 is 0 Å². The standard InChI is InChI=1S/C12H16ClN5O2S/c13-11-3-2-10(9-14)8-12(11)21(19,20)16-4-1-6-18-7-5-15-17-18/h2-3,5,7-8,16H,1,4,6,9,14H2. The lowest BCUT2D eigenvalue weighted by Crippen LogP contribution is -2.26. The van der Waals surface area contributed by atoms with Gasteiger partial charge < -0.3 is 5.73 Å². The Morgan fingerprint density at radius 2 is 2.19 bits per heavy atom. The van der Waals surface area contributed by atoms with Crippen molar-refractivity contribution in [3.05, 3.63) is 41.2 Å². The Labute approximate surface area is 128 Å². The van der Waals surface area contributed by atoms with Crippen molar-refractivity contribution in [1.82, 2.24) is 19.7 Å². The van der Waals surface area contributed by atoms with Crippen LogP contribution in [0.2, 0.25) is 5.02 Å². The highest BCUT2D eigenvalue weighted by atomic mass is 35.5. The molecule has 0 radical (unpaired) electrons. The third-order valence-electron chi connectivity index (χ3n) is 2.85. The van der Waals surface area contributed by atoms with E-state index in [2.05, 4.69) is 15.0 Å². The van der Waals surface area contributed by atoms with Crippen LogP contribution in [0.25, 0.3) is 0 Å². The first-order valence-electron chi connectivity index (χ1n) is 6.35. The highest BCUT2D eigenvalue weighted by Crippen LogP contribution is 2.22. The topological polar surface area (TPSA) is 103 Å². The normalized spacial score (nSPS) is 11.7. The smallest absolute Gasteiger partial charge is 0.242 e. The number of sulfonamides is 1. The molecule has 0 saturated heterocycles. The van der Waals surface area contributed by atoms with E-state index < -0.39 is 10.0 Å². The quantitative estimate of drug-likeness (QED) is 0.730. The minimum absolute atomic E-state index is 0.0490. The zero-order valence-electron chi connectivity index (χ0n) is 11.2. The molecule has 0 aliphatic heterocycles. The molecule has 3 N–H and O–H groups in total. The SMILES string of the molecule is NCc1ccc(Cl)c(S(=O)(=O)NCCCn2ccnn2)c1. The van der Waals surface area contributed by atoms with Crippen molar-refractivity contribution in [2.75, 3.05) is 6.54 Å². The van der Waals surface area contributed by atoms with Gasteiger partial charge in [-0.05, 0) is 24.1 Å². The molecule has 0 saturated carbocycles. The van der Waals surface area contributed by atoms with Crippen LogP contribution in [0.15, 0.2) is 35.5 Å². The van der Waals surface area contributed by atoms with Crippen molar-refractivity contribution < 1.29 is 8.42 Å². The number of halogens is 1. The van der Waals surface area contributed by atoms with Crippen molar-refractivity contribution in [3.8, 4) is 0 Å². The fourth-order valence-corrected chi connectivity index (χ4v) is 3.38. The second-order valence-electron chi connectivity index (χ2n) is 4.39. The number of nitrogens with one attached hydrogen (secondary N) is 1. The first-order chi connectivity index (χ1) is 10.0. The summed E-state index contributed by atoms with van der Waals surface area (Å²) < 4.78 is 28.6. The average molecular weight is 330 g/mol. The third kappa shape index (κ3) is 4.24. The van der Waals surface area contributed by atoms with E-state index in [1.54, 1.807) is 23.1 Å². The molecule has 7 nitrogen and oxygen atoms in total. The van der Waals surface area contributed by atoms with E-state index >= 15 is 0 Å². The van der Waals surface area contributed by atoms with Gasteiger partial charge in [0.2, 0.25) is 10.0 Å². The maximum absolute atomic E-state index is 12.2. The van der Waals surface area contributed by atoms with E-state index in [-0.39, 0.29) is 23.0 Å². The minimum Gasteiger partial charge on any atom is -0.326 e. The van der Waals surface area contributed by atoms with Crippen LogP contribution in [0.3, 0.4) is 0 Å². The predicted molar refractivity (Wildman–Crippen MR) is 79.2 cm³/mol. The highest BCUT2D eigenvalue weighted by Gasteiger charge is 2.17. The number of benzene rings is 1. The van der Waals surface area contributed by atoms with Crippen LogP contribution in [-0.2, 0) is 23.1 Å². The van der Waals surface area contributed by atoms with Crippen LogP contribution in [-0.4, -0.2) is 30.0 Å². The number of hydrogen-bond donors (Lipinski definition) is 2. The van der Waals surface area contributed by atoms with Gasteiger partial charge in [-0.25, -0.2) is 13.1 Å². The van der Waals surface area contributed by atoms with E-state index in [0.717, 1.165) is 0 Å². The molecule has 9 heteroatoms. The molecule has 114 valence electrons. The van der Waals surface area contributed by atoms with Crippen molar-refractivity contribution in [2.24, 2.45) is 5.73 Å². The Morgan fingerprint density at radius 3 is 2.86 bits per heavy atom. The molecule has 0 spiro atoms. The first-order valence-corrected chi connectivity index (χ1v) is 8.21. The molecule has 0 unspecified atom stereocenters. The number of rotatable bonds is 7. The lowest BCUT2D eigenvalue weighted by Gasteiger charge is -2.09. The second-order valence-corrected chi connectivity index (χ2v) is 6.53. The molecule has 1 heterocycles. The van der Waals surface area contributed by atoms with Crippen LogP contribution in [0.1, 0.15) is 12.0 Å². The van der Waals surface area contributed by atoms with E-state index in [9.17, 15) is 8.42 Å². The maximum atomic E-state index is 12.2. The van der Waals surface area contributed by atoms with Crippen LogP contribution in [0.5, 0.6) is 0 Å². The number of aromatic nitrogens is 3. The van der Waals surface area contributed by atoms with Crippen molar-refractivity contribution in [1.29, 1.82) is 0 Å². The van der Waals surface area contributed by atoms with Gasteiger partial charge in [-0.2, -0.15) is 0 Å². The summed E-state index contributed by atoms with van der Waals surface area (Å²) >= 11 is 5.95. The van der Waals surface area contributed by atoms with Gasteiger partial charge in [0.15, 0.2) is 0 Å². The van der Waals surface area contributed by atoms with Gasteiger partial charge in [0.25, 0.3) is 0 Å². The first kappa shape index (κ1) is 15.9. The molecule has 1 aromatic heterocycles. The van der Waals surface area contributed by atoms with Gasteiger partial charge in [0.05, 0.1) is 11.2 Å². The molecule has 0 aliphatic carbocycles. The van der Waals surface area contributed by atoms with Gasteiger partial charge in [0, 0.05) is 25.8 Å². The van der Waals surface area contributed by atoms with Crippen molar-refractivity contribution in [3.63, 3.8) is 0 Å². The zero-order chi connectivity index (χ0) is 15.3. The Kier molecular flexibility index (Phi) is 5.29. The Bertz CT molecular complexity index is 688. The lowest BCUT2D eigenvalue weighted by atomic mass is 10.2. The average Bonchev–Trinajstić information content (AvgIpc) is 2.97. The summed E-state index contributed by atoms with van der Waals surface area (Å²) in [6.07, 6.45) is 3.88. The monoisotopic (exact) mass is 329 g/mol. The van der Waals surface area contributed by atoms with E-state index in [4.69, 9.17) is 17.3 Å². The zero-order valence-corrected chi connectivity index (χ0v) is 12.8. The maximum Gasteiger partial charge on any atom is 0.242 e. The molecule has 0 fully saturated rings. The predicted octanol–water partition coefficient (Wildman–Crippen LogP) is 0.759. The summed E-state index contributed by atoms with van der Waals surface area (Å²) in [5.41, 5.74) is 6.22. The summed E-state index contributed by atoms with van der Waals surface area (Å²) in [5.74, 6) is 0. The summed E-state index contributed by atoms with van der Waals surface area (Å²) in [4.78, 5) is 0.0490. The Hall–Kier alpha value is -1.48. The van der Waals surface area contributed by atoms with Gasteiger partial charge in [-0.3, -0.25) is 4.68 Å². The lowest BCUT2D eigenvalue weighted by molar-refractivity contribution is 0.542. The Balaban J connectivity index is 1.98. The summed E-state index contributed by atoms with van der Waals surface area (Å²) in [6, 6.07) is 4.72. The van der Waals surface area contributed by atoms with Crippen LogP contribution >= 0.6 is 11.6 Å². The molecule has 2 aromatic rings. The number of nitrogens with zero attached hydrogens (tertiary/aromatic N) is 3. The second kappa shape index (κ2) is 6.99. The number of hydrogen-bond acceptors (Lipinski definition) is 5. The molecule has 2 rings (SSSR count). The molecule has 1 aromatic carbocycles. The summed E-state index contributed by atoms with van der Waals surface area (Å²) in [7, 11) is -3.65. The van der Waals surface area contributed by atoms with Gasteiger partial charge in [-0.1, -0.05) is 22.9 Å². The van der Waals surface area contributed by atoms with Crippen LogP contribution in [0.4, 0.5) is 0 Å². The van der Waals surface area contributed by atoms with Crippen LogP contribution < -0.4 is 10.5 Å². The van der Waals surface area contributed by atoms with Gasteiger partial charge in [0.1, 0.15) is 4.90 Å². The molecular formula is C12H16ClN5O2S. The van der Waals surface area contributed by atoms with E-state index in [1.165, 1.54) is 12.1 Å². The highest BCUT2D eigenvalue weighted by molar-refractivity contribution is 7.89. The van der Waals surface area contributed by atoms with Crippen molar-refractivity contribution in [2.45, 2.75) is 24.4 Å². The molecule has 0 aliphatic rings. The van der Waals surface area contributed by atoms with Gasteiger partial charge in [-0.15, -0.1) is 5.10 Å².